The maximum Gasteiger partial charge on any atom is 0.0749 e. The molecule has 1 aliphatic carbocycles. The third-order valence-electron chi connectivity index (χ3n) is 5.43. The lowest BCUT2D eigenvalue weighted by Gasteiger charge is -2.48. The summed E-state index contributed by atoms with van der Waals surface area (Å²) >= 11 is 0. The second-order valence-electron chi connectivity index (χ2n) is 6.51. The highest BCUT2D eigenvalue weighted by atomic mass is 16.5. The molecule has 112 valence electrons. The summed E-state index contributed by atoms with van der Waals surface area (Å²) in [6.45, 7) is 8.03. The van der Waals surface area contributed by atoms with Crippen molar-refractivity contribution in [2.45, 2.75) is 70.4 Å². The average Bonchev–Trinajstić information content (AvgIpc) is 2.75. The summed E-state index contributed by atoms with van der Waals surface area (Å²) in [4.78, 5) is 2.46. The number of nitrogens with zero attached hydrogens (tertiary/aromatic N) is 1. The topological polar surface area (TPSA) is 32.7 Å². The predicted molar refractivity (Wildman–Crippen MR) is 78.3 cm³/mol. The van der Waals surface area contributed by atoms with Gasteiger partial charge in [-0.2, -0.15) is 0 Å². The van der Waals surface area contributed by atoms with Gasteiger partial charge in [-0.05, 0) is 32.1 Å². The molecule has 19 heavy (non-hydrogen) atoms. The van der Waals surface area contributed by atoms with Crippen molar-refractivity contribution in [1.29, 1.82) is 0 Å². The van der Waals surface area contributed by atoms with E-state index in [9.17, 15) is 5.11 Å². The highest BCUT2D eigenvalue weighted by Crippen LogP contribution is 2.35. The van der Waals surface area contributed by atoms with E-state index in [1.807, 2.05) is 0 Å². The lowest BCUT2D eigenvalue weighted by Crippen LogP contribution is -2.59. The van der Waals surface area contributed by atoms with Crippen LogP contribution in [0.15, 0.2) is 0 Å². The van der Waals surface area contributed by atoms with Crippen molar-refractivity contribution < 1.29 is 9.84 Å². The molecule has 1 heterocycles. The zero-order valence-corrected chi connectivity index (χ0v) is 12.7. The van der Waals surface area contributed by atoms with Gasteiger partial charge in [-0.3, -0.25) is 4.90 Å². The zero-order valence-electron chi connectivity index (χ0n) is 12.7. The summed E-state index contributed by atoms with van der Waals surface area (Å²) in [5.74, 6) is 0.496. The van der Waals surface area contributed by atoms with Gasteiger partial charge in [-0.25, -0.2) is 0 Å². The Balaban J connectivity index is 2.04. The van der Waals surface area contributed by atoms with E-state index in [-0.39, 0.29) is 11.6 Å². The molecule has 0 aromatic heterocycles. The van der Waals surface area contributed by atoms with Crippen LogP contribution < -0.4 is 0 Å². The van der Waals surface area contributed by atoms with E-state index in [0.717, 1.165) is 32.7 Å². The first-order valence-corrected chi connectivity index (χ1v) is 8.19. The van der Waals surface area contributed by atoms with E-state index in [1.54, 1.807) is 0 Å². The van der Waals surface area contributed by atoms with Gasteiger partial charge in [0.05, 0.1) is 19.3 Å². The summed E-state index contributed by atoms with van der Waals surface area (Å²) in [6.07, 6.45) is 8.55. The fraction of sp³-hybridized carbons (Fsp3) is 1.00. The van der Waals surface area contributed by atoms with Gasteiger partial charge in [0.15, 0.2) is 0 Å². The van der Waals surface area contributed by atoms with E-state index in [1.165, 1.54) is 38.5 Å². The first-order chi connectivity index (χ1) is 9.18. The average molecular weight is 269 g/mol. The van der Waals surface area contributed by atoms with Crippen LogP contribution >= 0.6 is 0 Å². The van der Waals surface area contributed by atoms with E-state index in [0.29, 0.717) is 5.92 Å². The standard InChI is InChI=1S/C16H31NO2/c1-3-16(2,17-10-12-19-13-11-17)15(18)14-8-6-4-5-7-9-14/h14-15,18H,3-13H2,1-2H3. The molecule has 1 N–H and O–H groups in total. The molecule has 0 aromatic rings. The minimum Gasteiger partial charge on any atom is -0.391 e. The van der Waals surface area contributed by atoms with Crippen LogP contribution in [0.3, 0.4) is 0 Å². The molecule has 0 bridgehead atoms. The summed E-state index contributed by atoms with van der Waals surface area (Å²) < 4.78 is 5.46. The fourth-order valence-electron chi connectivity index (χ4n) is 3.83. The van der Waals surface area contributed by atoms with Gasteiger partial charge >= 0.3 is 0 Å². The molecule has 2 atom stereocenters. The quantitative estimate of drug-likeness (QED) is 0.797. The predicted octanol–water partition coefficient (Wildman–Crippen LogP) is 2.82. The molecule has 3 nitrogen and oxygen atoms in total. The van der Waals surface area contributed by atoms with E-state index in [2.05, 4.69) is 18.7 Å². The molecular weight excluding hydrogens is 238 g/mol. The van der Waals surface area contributed by atoms with Gasteiger partial charge in [0.25, 0.3) is 0 Å². The SMILES string of the molecule is CCC(C)(C(O)C1CCCCCC1)N1CCOCC1. The van der Waals surface area contributed by atoms with Gasteiger partial charge in [0, 0.05) is 18.6 Å². The summed E-state index contributed by atoms with van der Waals surface area (Å²) in [7, 11) is 0. The Morgan fingerprint density at radius 1 is 1.16 bits per heavy atom. The van der Waals surface area contributed by atoms with Crippen LogP contribution in [0.1, 0.15) is 58.8 Å². The Kier molecular flexibility index (Phi) is 5.67. The molecule has 2 fully saturated rings. The molecule has 2 rings (SSSR count). The first-order valence-electron chi connectivity index (χ1n) is 8.19. The van der Waals surface area contributed by atoms with Crippen molar-refractivity contribution in [3.8, 4) is 0 Å². The number of rotatable bonds is 4. The van der Waals surface area contributed by atoms with Crippen molar-refractivity contribution in [2.24, 2.45) is 5.92 Å². The number of hydrogen-bond acceptors (Lipinski definition) is 3. The number of morpholine rings is 1. The normalized spacial score (nSPS) is 28.6. The van der Waals surface area contributed by atoms with Crippen molar-refractivity contribution in [3.05, 3.63) is 0 Å². The number of hydrogen-bond donors (Lipinski definition) is 1. The largest absolute Gasteiger partial charge is 0.391 e. The zero-order chi connectivity index (χ0) is 13.7. The van der Waals surface area contributed by atoms with E-state index in [4.69, 9.17) is 4.74 Å². The van der Waals surface area contributed by atoms with E-state index < -0.39 is 0 Å². The Hall–Kier alpha value is -0.120. The van der Waals surface area contributed by atoms with Crippen molar-refractivity contribution in [2.75, 3.05) is 26.3 Å². The Morgan fingerprint density at radius 2 is 1.74 bits per heavy atom. The maximum absolute atomic E-state index is 11.0. The fourth-order valence-corrected chi connectivity index (χ4v) is 3.83. The maximum atomic E-state index is 11.0. The van der Waals surface area contributed by atoms with Crippen molar-refractivity contribution in [1.82, 2.24) is 4.90 Å². The van der Waals surface area contributed by atoms with Crippen LogP contribution in [0.25, 0.3) is 0 Å². The Morgan fingerprint density at radius 3 is 2.26 bits per heavy atom. The smallest absolute Gasteiger partial charge is 0.0749 e. The lowest BCUT2D eigenvalue weighted by atomic mass is 9.78. The highest BCUT2D eigenvalue weighted by molar-refractivity contribution is 4.96. The minimum absolute atomic E-state index is 0.0706. The molecule has 0 aromatic carbocycles. The summed E-state index contributed by atoms with van der Waals surface area (Å²) in [5, 5.41) is 11.0. The summed E-state index contributed by atoms with van der Waals surface area (Å²) in [6, 6.07) is 0. The lowest BCUT2D eigenvalue weighted by molar-refractivity contribution is -0.0922. The molecule has 2 unspecified atom stereocenters. The Bertz CT molecular complexity index is 257. The van der Waals surface area contributed by atoms with E-state index >= 15 is 0 Å². The van der Waals surface area contributed by atoms with Crippen LogP contribution in [0, 0.1) is 5.92 Å². The highest BCUT2D eigenvalue weighted by Gasteiger charge is 2.41. The van der Waals surface area contributed by atoms with Crippen molar-refractivity contribution >= 4 is 0 Å². The van der Waals surface area contributed by atoms with Crippen LogP contribution in [-0.2, 0) is 4.74 Å². The van der Waals surface area contributed by atoms with Crippen LogP contribution in [-0.4, -0.2) is 48.0 Å². The van der Waals surface area contributed by atoms with Gasteiger partial charge in [-0.15, -0.1) is 0 Å². The molecule has 0 spiro atoms. The van der Waals surface area contributed by atoms with Crippen LogP contribution in [0.2, 0.25) is 0 Å². The number of aliphatic hydroxyl groups excluding tert-OH is 1. The minimum atomic E-state index is -0.186. The molecule has 1 saturated heterocycles. The third kappa shape index (κ3) is 3.50. The van der Waals surface area contributed by atoms with Crippen molar-refractivity contribution in [3.63, 3.8) is 0 Å². The monoisotopic (exact) mass is 269 g/mol. The molecule has 1 aliphatic heterocycles. The second-order valence-corrected chi connectivity index (χ2v) is 6.51. The molecule has 0 radical (unpaired) electrons. The molecular formula is C16H31NO2. The van der Waals surface area contributed by atoms with Gasteiger partial charge in [-0.1, -0.05) is 32.6 Å². The molecule has 3 heteroatoms. The number of aliphatic hydroxyl groups is 1. The molecule has 0 amide bonds. The first kappa shape index (κ1) is 15.3. The van der Waals surface area contributed by atoms with Gasteiger partial charge < -0.3 is 9.84 Å². The second kappa shape index (κ2) is 7.05. The summed E-state index contributed by atoms with van der Waals surface area (Å²) in [5.41, 5.74) is -0.0706. The molecule has 2 aliphatic rings. The number of ether oxygens (including phenoxy) is 1. The van der Waals surface area contributed by atoms with Gasteiger partial charge in [0.2, 0.25) is 0 Å². The van der Waals surface area contributed by atoms with Crippen LogP contribution in [0.4, 0.5) is 0 Å². The molecule has 1 saturated carbocycles. The van der Waals surface area contributed by atoms with Gasteiger partial charge in [0.1, 0.15) is 0 Å². The van der Waals surface area contributed by atoms with Crippen LogP contribution in [0.5, 0.6) is 0 Å². The third-order valence-corrected chi connectivity index (χ3v) is 5.43. The Labute approximate surface area is 118 Å².